The number of urea groups is 1. The number of aliphatic hydroxyl groups excluding tert-OH is 1. The fourth-order valence-electron chi connectivity index (χ4n) is 2.47. The highest BCUT2D eigenvalue weighted by Crippen LogP contribution is 2.30. The van der Waals surface area contributed by atoms with Crippen LogP contribution < -0.4 is 15.4 Å². The zero-order chi connectivity index (χ0) is 17.4. The molecule has 5 heteroatoms. The van der Waals surface area contributed by atoms with Crippen molar-refractivity contribution in [3.05, 3.63) is 48.5 Å². The molecule has 5 nitrogen and oxygen atoms in total. The highest BCUT2D eigenvalue weighted by Gasteiger charge is 2.08. The predicted molar refractivity (Wildman–Crippen MR) is 96.4 cm³/mol. The number of hydrogen-bond acceptors (Lipinski definition) is 3. The molecular formula is C19H24N2O3. The lowest BCUT2D eigenvalue weighted by molar-refractivity contribution is 0.162. The molecule has 0 aliphatic rings. The number of anilines is 1. The fraction of sp³-hybridized carbons (Fsp3) is 0.316. The van der Waals surface area contributed by atoms with Gasteiger partial charge in [-0.3, -0.25) is 0 Å². The van der Waals surface area contributed by atoms with Crippen LogP contribution in [0, 0.1) is 0 Å². The average Bonchev–Trinajstić information content (AvgIpc) is 2.60. The number of benzene rings is 2. The molecule has 0 saturated heterocycles. The van der Waals surface area contributed by atoms with E-state index in [0.29, 0.717) is 12.1 Å². The van der Waals surface area contributed by atoms with Gasteiger partial charge in [0.1, 0.15) is 5.75 Å². The molecule has 24 heavy (non-hydrogen) atoms. The first-order valence-electron chi connectivity index (χ1n) is 8.10. The highest BCUT2D eigenvalue weighted by atomic mass is 16.5. The van der Waals surface area contributed by atoms with Crippen LogP contribution in [0.15, 0.2) is 48.5 Å². The van der Waals surface area contributed by atoms with E-state index in [1.807, 2.05) is 55.5 Å². The van der Waals surface area contributed by atoms with Crippen LogP contribution in [-0.4, -0.2) is 30.9 Å². The molecule has 0 aliphatic carbocycles. The summed E-state index contributed by atoms with van der Waals surface area (Å²) in [5, 5.41) is 15.1. The van der Waals surface area contributed by atoms with Gasteiger partial charge in [0.05, 0.1) is 13.2 Å². The van der Waals surface area contributed by atoms with Gasteiger partial charge >= 0.3 is 6.03 Å². The molecule has 2 aromatic carbocycles. The third-order valence-corrected chi connectivity index (χ3v) is 3.66. The number of carbonyl (C=O) groups is 1. The van der Waals surface area contributed by atoms with Gasteiger partial charge in [0, 0.05) is 17.8 Å². The third-order valence-electron chi connectivity index (χ3n) is 3.66. The van der Waals surface area contributed by atoms with E-state index in [9.17, 15) is 9.90 Å². The quantitative estimate of drug-likeness (QED) is 0.726. The number of nitrogens with one attached hydrogen (secondary N) is 2. The first kappa shape index (κ1) is 17.8. The molecule has 128 valence electrons. The molecule has 0 aliphatic heterocycles. The van der Waals surface area contributed by atoms with E-state index in [-0.39, 0.29) is 12.6 Å². The summed E-state index contributed by atoms with van der Waals surface area (Å²) in [4.78, 5) is 11.9. The van der Waals surface area contributed by atoms with Gasteiger partial charge in [0.15, 0.2) is 0 Å². The molecule has 1 atom stereocenters. The van der Waals surface area contributed by atoms with Crippen LogP contribution in [0.4, 0.5) is 10.5 Å². The summed E-state index contributed by atoms with van der Waals surface area (Å²) < 4.78 is 5.38. The lowest BCUT2D eigenvalue weighted by Crippen LogP contribution is -2.35. The van der Waals surface area contributed by atoms with Crippen LogP contribution in [0.3, 0.4) is 0 Å². The zero-order valence-electron chi connectivity index (χ0n) is 14.1. The Labute approximate surface area is 142 Å². The molecule has 1 unspecified atom stereocenters. The number of ether oxygens (including phenoxy) is 1. The van der Waals surface area contributed by atoms with Crippen molar-refractivity contribution in [1.29, 1.82) is 0 Å². The Balaban J connectivity index is 2.04. The normalized spacial score (nSPS) is 11.6. The van der Waals surface area contributed by atoms with Crippen molar-refractivity contribution in [3.63, 3.8) is 0 Å². The van der Waals surface area contributed by atoms with Crippen molar-refractivity contribution in [3.8, 4) is 16.9 Å². The van der Waals surface area contributed by atoms with Crippen LogP contribution in [-0.2, 0) is 0 Å². The molecule has 2 aromatic rings. The number of aliphatic hydroxyl groups is 1. The molecule has 0 heterocycles. The maximum absolute atomic E-state index is 11.9. The van der Waals surface area contributed by atoms with Gasteiger partial charge in [0.25, 0.3) is 0 Å². The number of rotatable bonds is 7. The molecular weight excluding hydrogens is 304 g/mol. The van der Waals surface area contributed by atoms with Gasteiger partial charge in [-0.2, -0.15) is 0 Å². The molecule has 0 spiro atoms. The SMILES string of the molecule is CCCC(O)CNC(=O)Nc1cccc(-c2ccccc2OC)c1. The van der Waals surface area contributed by atoms with E-state index >= 15 is 0 Å². The minimum atomic E-state index is -0.513. The summed E-state index contributed by atoms with van der Waals surface area (Å²) >= 11 is 0. The smallest absolute Gasteiger partial charge is 0.319 e. The summed E-state index contributed by atoms with van der Waals surface area (Å²) in [7, 11) is 1.63. The lowest BCUT2D eigenvalue weighted by atomic mass is 10.0. The second-order valence-electron chi connectivity index (χ2n) is 5.56. The summed E-state index contributed by atoms with van der Waals surface area (Å²) in [5.74, 6) is 0.779. The van der Waals surface area contributed by atoms with Gasteiger partial charge in [-0.05, 0) is 30.2 Å². The van der Waals surface area contributed by atoms with Crippen LogP contribution in [0.5, 0.6) is 5.75 Å². The number of carbonyl (C=O) groups excluding carboxylic acids is 1. The second kappa shape index (κ2) is 8.93. The first-order chi connectivity index (χ1) is 11.6. The van der Waals surface area contributed by atoms with Crippen LogP contribution >= 0.6 is 0 Å². The Bertz CT molecular complexity index is 673. The van der Waals surface area contributed by atoms with Gasteiger partial charge in [-0.1, -0.05) is 43.7 Å². The fourth-order valence-corrected chi connectivity index (χ4v) is 2.47. The van der Waals surface area contributed by atoms with Gasteiger partial charge in [-0.15, -0.1) is 0 Å². The monoisotopic (exact) mass is 328 g/mol. The summed E-state index contributed by atoms with van der Waals surface area (Å²) in [6.45, 7) is 2.23. The summed E-state index contributed by atoms with van der Waals surface area (Å²) in [6.07, 6.45) is 1.04. The third kappa shape index (κ3) is 4.99. The summed E-state index contributed by atoms with van der Waals surface area (Å²) in [6, 6.07) is 15.0. The summed E-state index contributed by atoms with van der Waals surface area (Å²) in [5.41, 5.74) is 2.60. The van der Waals surface area contributed by atoms with Gasteiger partial charge in [0.2, 0.25) is 0 Å². The van der Waals surface area contributed by atoms with Crippen LogP contribution in [0.25, 0.3) is 11.1 Å². The Kier molecular flexibility index (Phi) is 6.63. The van der Waals surface area contributed by atoms with E-state index in [1.165, 1.54) is 0 Å². The first-order valence-corrected chi connectivity index (χ1v) is 8.10. The van der Waals surface area contributed by atoms with Crippen molar-refractivity contribution in [2.75, 3.05) is 19.0 Å². The average molecular weight is 328 g/mol. The maximum atomic E-state index is 11.9. The number of hydrogen-bond donors (Lipinski definition) is 3. The number of para-hydroxylation sites is 1. The maximum Gasteiger partial charge on any atom is 0.319 e. The van der Waals surface area contributed by atoms with Crippen LogP contribution in [0.2, 0.25) is 0 Å². The number of amides is 2. The standard InChI is InChI=1S/C19H24N2O3/c1-3-7-16(22)13-20-19(23)21-15-9-6-8-14(12-15)17-10-4-5-11-18(17)24-2/h4-6,8-12,16,22H,3,7,13H2,1-2H3,(H2,20,21,23). The highest BCUT2D eigenvalue weighted by molar-refractivity contribution is 5.90. The minimum absolute atomic E-state index is 0.242. The molecule has 2 rings (SSSR count). The zero-order valence-corrected chi connectivity index (χ0v) is 14.1. The van der Waals surface area contributed by atoms with E-state index in [4.69, 9.17) is 4.74 Å². The van der Waals surface area contributed by atoms with E-state index in [1.54, 1.807) is 7.11 Å². The largest absolute Gasteiger partial charge is 0.496 e. The van der Waals surface area contributed by atoms with Gasteiger partial charge in [-0.25, -0.2) is 4.79 Å². The van der Waals surface area contributed by atoms with Crippen molar-refractivity contribution in [2.45, 2.75) is 25.9 Å². The predicted octanol–water partition coefficient (Wildman–Crippen LogP) is 3.64. The topological polar surface area (TPSA) is 70.6 Å². The van der Waals surface area contributed by atoms with E-state index < -0.39 is 6.10 Å². The van der Waals surface area contributed by atoms with Crippen LogP contribution in [0.1, 0.15) is 19.8 Å². The Morgan fingerprint density at radius 3 is 2.75 bits per heavy atom. The Morgan fingerprint density at radius 2 is 2.00 bits per heavy atom. The number of methoxy groups -OCH3 is 1. The molecule has 0 fully saturated rings. The molecule has 0 bridgehead atoms. The van der Waals surface area contributed by atoms with Gasteiger partial charge < -0.3 is 20.5 Å². The molecule has 0 aromatic heterocycles. The Morgan fingerprint density at radius 1 is 1.21 bits per heavy atom. The van der Waals surface area contributed by atoms with Crippen molar-refractivity contribution < 1.29 is 14.6 Å². The molecule has 0 radical (unpaired) electrons. The molecule has 0 saturated carbocycles. The second-order valence-corrected chi connectivity index (χ2v) is 5.56. The molecule has 3 N–H and O–H groups in total. The van der Waals surface area contributed by atoms with E-state index in [0.717, 1.165) is 23.3 Å². The van der Waals surface area contributed by atoms with Crippen molar-refractivity contribution in [1.82, 2.24) is 5.32 Å². The lowest BCUT2D eigenvalue weighted by Gasteiger charge is -2.13. The minimum Gasteiger partial charge on any atom is -0.496 e. The van der Waals surface area contributed by atoms with Crippen molar-refractivity contribution in [2.24, 2.45) is 0 Å². The molecule has 2 amide bonds. The Hall–Kier alpha value is -2.53. The van der Waals surface area contributed by atoms with E-state index in [2.05, 4.69) is 10.6 Å². The van der Waals surface area contributed by atoms with Crippen molar-refractivity contribution >= 4 is 11.7 Å².